The molecule has 3 N–H and O–H groups in total. The van der Waals surface area contributed by atoms with Gasteiger partial charge in [-0.3, -0.25) is 0 Å². The zero-order chi connectivity index (χ0) is 11.4. The lowest BCUT2D eigenvalue weighted by molar-refractivity contribution is 0.540. The standard InChI is InChI=1S/C12H19ClN2/c1-8(2)6-9(3)15-12-7-10(13)4-5-11(12)14/h4-5,7-9,15H,6,14H2,1-3H3. The summed E-state index contributed by atoms with van der Waals surface area (Å²) < 4.78 is 0. The van der Waals surface area contributed by atoms with Crippen molar-refractivity contribution in [3.63, 3.8) is 0 Å². The van der Waals surface area contributed by atoms with Crippen molar-refractivity contribution in [2.45, 2.75) is 33.2 Å². The number of nitrogens with two attached hydrogens (primary N) is 1. The lowest BCUT2D eigenvalue weighted by Gasteiger charge is -2.18. The Hall–Kier alpha value is -0.890. The van der Waals surface area contributed by atoms with Gasteiger partial charge in [0.2, 0.25) is 0 Å². The van der Waals surface area contributed by atoms with Crippen LogP contribution in [0.1, 0.15) is 27.2 Å². The van der Waals surface area contributed by atoms with Crippen LogP contribution in [0.25, 0.3) is 0 Å². The van der Waals surface area contributed by atoms with Crippen LogP contribution in [0.5, 0.6) is 0 Å². The van der Waals surface area contributed by atoms with E-state index in [-0.39, 0.29) is 0 Å². The Kier molecular flexibility index (Phi) is 4.28. The molecule has 1 unspecified atom stereocenters. The van der Waals surface area contributed by atoms with E-state index in [0.717, 1.165) is 17.8 Å². The Morgan fingerprint density at radius 2 is 2.00 bits per heavy atom. The van der Waals surface area contributed by atoms with Gasteiger partial charge in [0.05, 0.1) is 11.4 Å². The maximum absolute atomic E-state index is 5.91. The molecule has 0 spiro atoms. The molecule has 0 amide bonds. The Morgan fingerprint density at radius 1 is 1.33 bits per heavy atom. The van der Waals surface area contributed by atoms with E-state index >= 15 is 0 Å². The summed E-state index contributed by atoms with van der Waals surface area (Å²) in [7, 11) is 0. The van der Waals surface area contributed by atoms with E-state index in [1.165, 1.54) is 0 Å². The van der Waals surface area contributed by atoms with Gasteiger partial charge < -0.3 is 11.1 Å². The second kappa shape index (κ2) is 5.26. The number of halogens is 1. The molecule has 0 aliphatic heterocycles. The van der Waals surface area contributed by atoms with Gasteiger partial charge in [-0.05, 0) is 37.5 Å². The van der Waals surface area contributed by atoms with Gasteiger partial charge in [-0.15, -0.1) is 0 Å². The molecule has 0 heterocycles. The van der Waals surface area contributed by atoms with Crippen molar-refractivity contribution in [3.05, 3.63) is 23.2 Å². The first-order chi connectivity index (χ1) is 6.99. The van der Waals surface area contributed by atoms with Crippen LogP contribution in [0.3, 0.4) is 0 Å². The van der Waals surface area contributed by atoms with Crippen molar-refractivity contribution in [1.82, 2.24) is 0 Å². The second-order valence-corrected chi connectivity index (χ2v) is 4.84. The lowest BCUT2D eigenvalue weighted by Crippen LogP contribution is -2.18. The Labute approximate surface area is 96.8 Å². The minimum Gasteiger partial charge on any atom is -0.397 e. The molecule has 1 rings (SSSR count). The summed E-state index contributed by atoms with van der Waals surface area (Å²) in [5.74, 6) is 0.674. The fraction of sp³-hybridized carbons (Fsp3) is 0.500. The molecule has 2 nitrogen and oxygen atoms in total. The van der Waals surface area contributed by atoms with Gasteiger partial charge >= 0.3 is 0 Å². The van der Waals surface area contributed by atoms with Crippen LogP contribution < -0.4 is 11.1 Å². The van der Waals surface area contributed by atoms with Crippen molar-refractivity contribution in [2.75, 3.05) is 11.1 Å². The largest absolute Gasteiger partial charge is 0.397 e. The van der Waals surface area contributed by atoms with E-state index < -0.39 is 0 Å². The molecule has 1 aromatic rings. The van der Waals surface area contributed by atoms with E-state index in [0.29, 0.717) is 17.0 Å². The van der Waals surface area contributed by atoms with Gasteiger partial charge in [-0.2, -0.15) is 0 Å². The van der Waals surface area contributed by atoms with E-state index in [2.05, 4.69) is 26.1 Å². The Bertz CT molecular complexity index is 323. The fourth-order valence-corrected chi connectivity index (χ4v) is 1.86. The summed E-state index contributed by atoms with van der Waals surface area (Å²) in [6.07, 6.45) is 1.12. The third-order valence-electron chi connectivity index (χ3n) is 2.24. The predicted octanol–water partition coefficient (Wildman–Crippen LogP) is 3.77. The van der Waals surface area contributed by atoms with E-state index in [1.54, 1.807) is 6.07 Å². The molecular formula is C12H19ClN2. The second-order valence-electron chi connectivity index (χ2n) is 4.41. The first-order valence-corrected chi connectivity index (χ1v) is 5.68. The third-order valence-corrected chi connectivity index (χ3v) is 2.48. The van der Waals surface area contributed by atoms with E-state index in [9.17, 15) is 0 Å². The molecule has 0 saturated heterocycles. The number of hydrogen-bond acceptors (Lipinski definition) is 2. The van der Waals surface area contributed by atoms with Gasteiger partial charge in [-0.25, -0.2) is 0 Å². The van der Waals surface area contributed by atoms with Crippen LogP contribution in [0.4, 0.5) is 11.4 Å². The zero-order valence-corrected chi connectivity index (χ0v) is 10.3. The van der Waals surface area contributed by atoms with Crippen molar-refractivity contribution in [1.29, 1.82) is 0 Å². The maximum atomic E-state index is 5.91. The first-order valence-electron chi connectivity index (χ1n) is 5.30. The van der Waals surface area contributed by atoms with Crippen LogP contribution in [-0.4, -0.2) is 6.04 Å². The number of rotatable bonds is 4. The molecule has 1 atom stereocenters. The molecule has 15 heavy (non-hydrogen) atoms. The maximum Gasteiger partial charge on any atom is 0.0590 e. The molecule has 0 radical (unpaired) electrons. The van der Waals surface area contributed by atoms with Crippen molar-refractivity contribution in [2.24, 2.45) is 5.92 Å². The summed E-state index contributed by atoms with van der Waals surface area (Å²) in [6.45, 7) is 6.57. The van der Waals surface area contributed by atoms with Gasteiger partial charge in [-0.1, -0.05) is 25.4 Å². The molecule has 0 fully saturated rings. The Morgan fingerprint density at radius 3 is 2.60 bits per heavy atom. The van der Waals surface area contributed by atoms with Gasteiger partial charge in [0, 0.05) is 11.1 Å². The van der Waals surface area contributed by atoms with Crippen LogP contribution in [-0.2, 0) is 0 Å². The molecule has 0 aromatic heterocycles. The highest BCUT2D eigenvalue weighted by Crippen LogP contribution is 2.24. The zero-order valence-electron chi connectivity index (χ0n) is 9.55. The van der Waals surface area contributed by atoms with Crippen molar-refractivity contribution < 1.29 is 0 Å². The molecule has 1 aromatic carbocycles. The molecule has 0 saturated carbocycles. The minimum absolute atomic E-state index is 0.408. The van der Waals surface area contributed by atoms with E-state index in [1.807, 2.05) is 12.1 Å². The molecule has 0 bridgehead atoms. The van der Waals surface area contributed by atoms with Gasteiger partial charge in [0.15, 0.2) is 0 Å². The summed E-state index contributed by atoms with van der Waals surface area (Å²) in [5.41, 5.74) is 7.52. The van der Waals surface area contributed by atoms with E-state index in [4.69, 9.17) is 17.3 Å². The first kappa shape index (κ1) is 12.2. The fourth-order valence-electron chi connectivity index (χ4n) is 1.68. The number of benzene rings is 1. The van der Waals surface area contributed by atoms with Crippen molar-refractivity contribution in [3.8, 4) is 0 Å². The van der Waals surface area contributed by atoms with Gasteiger partial charge in [0.1, 0.15) is 0 Å². The number of nitrogen functional groups attached to an aromatic ring is 1. The lowest BCUT2D eigenvalue weighted by atomic mass is 10.0. The van der Waals surface area contributed by atoms with Crippen molar-refractivity contribution >= 4 is 23.0 Å². The van der Waals surface area contributed by atoms with Crippen LogP contribution in [0.2, 0.25) is 5.02 Å². The average Bonchev–Trinajstić information content (AvgIpc) is 2.10. The molecule has 3 heteroatoms. The number of nitrogens with one attached hydrogen (secondary N) is 1. The molecule has 0 aliphatic carbocycles. The van der Waals surface area contributed by atoms with Crippen LogP contribution in [0.15, 0.2) is 18.2 Å². The summed E-state index contributed by atoms with van der Waals surface area (Å²) in [5, 5.41) is 4.08. The Balaban J connectivity index is 2.67. The summed E-state index contributed by atoms with van der Waals surface area (Å²) in [6, 6.07) is 5.90. The monoisotopic (exact) mass is 226 g/mol. The number of anilines is 2. The number of hydrogen-bond donors (Lipinski definition) is 2. The topological polar surface area (TPSA) is 38.0 Å². The normalized spacial score (nSPS) is 12.9. The van der Waals surface area contributed by atoms with Crippen LogP contribution in [0, 0.1) is 5.92 Å². The predicted molar refractivity (Wildman–Crippen MR) is 68.4 cm³/mol. The smallest absolute Gasteiger partial charge is 0.0590 e. The molecular weight excluding hydrogens is 208 g/mol. The highest BCUT2D eigenvalue weighted by molar-refractivity contribution is 6.31. The molecule has 0 aliphatic rings. The highest BCUT2D eigenvalue weighted by Gasteiger charge is 2.07. The minimum atomic E-state index is 0.408. The third kappa shape index (κ3) is 4.00. The SMILES string of the molecule is CC(C)CC(C)Nc1cc(Cl)ccc1N. The summed E-state index contributed by atoms with van der Waals surface area (Å²) >= 11 is 5.91. The quantitative estimate of drug-likeness (QED) is 0.768. The van der Waals surface area contributed by atoms with Crippen LogP contribution >= 0.6 is 11.6 Å². The average molecular weight is 227 g/mol. The summed E-state index contributed by atoms with van der Waals surface area (Å²) in [4.78, 5) is 0. The molecule has 84 valence electrons. The highest BCUT2D eigenvalue weighted by atomic mass is 35.5. The van der Waals surface area contributed by atoms with Gasteiger partial charge in [0.25, 0.3) is 0 Å².